The van der Waals surface area contributed by atoms with E-state index in [1.165, 1.54) is 12.1 Å². The van der Waals surface area contributed by atoms with E-state index in [9.17, 15) is 4.39 Å². The maximum Gasteiger partial charge on any atom is 0.130 e. The lowest BCUT2D eigenvalue weighted by atomic mass is 10.2. The first-order valence-corrected chi connectivity index (χ1v) is 5.96. The molecule has 2 aromatic rings. The molecule has 0 amide bonds. The van der Waals surface area contributed by atoms with Crippen LogP contribution in [-0.2, 0) is 6.61 Å². The molecule has 0 radical (unpaired) electrons. The van der Waals surface area contributed by atoms with E-state index in [1.54, 1.807) is 30.3 Å². The number of halogens is 2. The zero-order valence-corrected chi connectivity index (χ0v) is 10.7. The molecule has 3 N–H and O–H groups in total. The number of amidine groups is 1. The Morgan fingerprint density at radius 1 is 1.26 bits per heavy atom. The normalized spacial score (nSPS) is 10.2. The van der Waals surface area contributed by atoms with E-state index in [4.69, 9.17) is 27.5 Å². The maximum atomic E-state index is 12.9. The van der Waals surface area contributed by atoms with Gasteiger partial charge in [-0.25, -0.2) is 4.39 Å². The van der Waals surface area contributed by atoms with Crippen molar-refractivity contribution in [1.82, 2.24) is 0 Å². The average molecular weight is 279 g/mol. The van der Waals surface area contributed by atoms with Crippen LogP contribution in [0.4, 0.5) is 4.39 Å². The average Bonchev–Trinajstić information content (AvgIpc) is 2.38. The fourth-order valence-electron chi connectivity index (χ4n) is 1.61. The molecule has 0 spiro atoms. The van der Waals surface area contributed by atoms with Gasteiger partial charge in [-0.05, 0) is 24.3 Å². The summed E-state index contributed by atoms with van der Waals surface area (Å²) in [7, 11) is 0. The minimum atomic E-state index is -0.391. The molecule has 0 unspecified atom stereocenters. The Hall–Kier alpha value is -2.07. The fourth-order valence-corrected chi connectivity index (χ4v) is 1.83. The summed E-state index contributed by atoms with van der Waals surface area (Å²) in [6, 6.07) is 11.1. The van der Waals surface area contributed by atoms with E-state index in [1.807, 2.05) is 0 Å². The van der Waals surface area contributed by atoms with Crippen molar-refractivity contribution in [3.8, 4) is 5.75 Å². The van der Waals surface area contributed by atoms with Crippen molar-refractivity contribution in [2.75, 3.05) is 0 Å². The van der Waals surface area contributed by atoms with Gasteiger partial charge in [0.25, 0.3) is 0 Å². The predicted molar refractivity (Wildman–Crippen MR) is 73.2 cm³/mol. The summed E-state index contributed by atoms with van der Waals surface area (Å²) in [5, 5.41) is 7.76. The Labute approximate surface area is 115 Å². The number of benzene rings is 2. The minimum absolute atomic E-state index is 0.0687. The van der Waals surface area contributed by atoms with Crippen molar-refractivity contribution < 1.29 is 9.13 Å². The number of hydrogen-bond acceptors (Lipinski definition) is 2. The van der Waals surface area contributed by atoms with Gasteiger partial charge in [-0.2, -0.15) is 0 Å². The topological polar surface area (TPSA) is 59.1 Å². The molecule has 0 fully saturated rings. The lowest BCUT2D eigenvalue weighted by Crippen LogP contribution is -2.13. The highest BCUT2D eigenvalue weighted by molar-refractivity contribution is 6.31. The van der Waals surface area contributed by atoms with Crippen molar-refractivity contribution in [3.63, 3.8) is 0 Å². The van der Waals surface area contributed by atoms with Crippen LogP contribution in [0.3, 0.4) is 0 Å². The summed E-state index contributed by atoms with van der Waals surface area (Å²) in [6.45, 7) is 0.184. The third-order valence-corrected chi connectivity index (χ3v) is 2.93. The standard InChI is InChI=1S/C14H12ClFN2O/c15-12-7-10(16)6-5-9(12)8-19-13-4-2-1-3-11(13)14(17)18/h1-7H,8H2,(H3,17,18). The molecule has 98 valence electrons. The molecule has 3 nitrogen and oxygen atoms in total. The molecular formula is C14H12ClFN2O. The van der Waals surface area contributed by atoms with Gasteiger partial charge >= 0.3 is 0 Å². The van der Waals surface area contributed by atoms with Gasteiger partial charge < -0.3 is 10.5 Å². The summed E-state index contributed by atoms with van der Waals surface area (Å²) in [5.41, 5.74) is 6.64. The van der Waals surface area contributed by atoms with Gasteiger partial charge in [0.15, 0.2) is 0 Å². The summed E-state index contributed by atoms with van der Waals surface area (Å²) >= 11 is 5.91. The van der Waals surface area contributed by atoms with Gasteiger partial charge in [0.05, 0.1) is 10.6 Å². The van der Waals surface area contributed by atoms with Gasteiger partial charge in [0, 0.05) is 5.56 Å². The fraction of sp³-hybridized carbons (Fsp3) is 0.0714. The quantitative estimate of drug-likeness (QED) is 0.666. The Bertz CT molecular complexity index is 616. The van der Waals surface area contributed by atoms with Crippen molar-refractivity contribution in [2.45, 2.75) is 6.61 Å². The first kappa shape index (κ1) is 13.4. The highest BCUT2D eigenvalue weighted by Gasteiger charge is 2.07. The van der Waals surface area contributed by atoms with Crippen LogP contribution in [0.15, 0.2) is 42.5 Å². The highest BCUT2D eigenvalue weighted by Crippen LogP contribution is 2.22. The second-order valence-corrected chi connectivity index (χ2v) is 4.34. The summed E-state index contributed by atoms with van der Waals surface area (Å²) in [4.78, 5) is 0. The van der Waals surface area contributed by atoms with Crippen molar-refractivity contribution in [2.24, 2.45) is 5.73 Å². The van der Waals surface area contributed by atoms with Gasteiger partial charge in [-0.15, -0.1) is 0 Å². The Morgan fingerprint density at radius 2 is 2.00 bits per heavy atom. The van der Waals surface area contributed by atoms with E-state index < -0.39 is 5.82 Å². The Morgan fingerprint density at radius 3 is 2.68 bits per heavy atom. The molecule has 0 saturated heterocycles. The maximum absolute atomic E-state index is 12.9. The third-order valence-electron chi connectivity index (χ3n) is 2.58. The number of rotatable bonds is 4. The van der Waals surface area contributed by atoms with E-state index in [0.717, 1.165) is 0 Å². The molecule has 0 aliphatic carbocycles. The van der Waals surface area contributed by atoms with Gasteiger partial charge in [0.2, 0.25) is 0 Å². The van der Waals surface area contributed by atoms with E-state index in [0.29, 0.717) is 21.9 Å². The first-order valence-electron chi connectivity index (χ1n) is 5.58. The van der Waals surface area contributed by atoms with Crippen molar-refractivity contribution in [3.05, 3.63) is 64.4 Å². The monoisotopic (exact) mass is 278 g/mol. The lowest BCUT2D eigenvalue weighted by Gasteiger charge is -2.11. The van der Waals surface area contributed by atoms with E-state index in [-0.39, 0.29) is 12.4 Å². The van der Waals surface area contributed by atoms with E-state index in [2.05, 4.69) is 0 Å². The molecule has 19 heavy (non-hydrogen) atoms. The molecule has 2 aromatic carbocycles. The zero-order valence-electron chi connectivity index (χ0n) is 9.99. The number of nitrogens with one attached hydrogen (secondary N) is 1. The molecule has 0 aliphatic rings. The van der Waals surface area contributed by atoms with Crippen LogP contribution in [0, 0.1) is 11.2 Å². The molecule has 5 heteroatoms. The van der Waals surface area contributed by atoms with Gasteiger partial charge in [0.1, 0.15) is 24.0 Å². The largest absolute Gasteiger partial charge is 0.488 e. The number of para-hydroxylation sites is 1. The molecular weight excluding hydrogens is 267 g/mol. The van der Waals surface area contributed by atoms with Crippen LogP contribution < -0.4 is 10.5 Å². The molecule has 0 saturated carbocycles. The number of nitrogen functional groups attached to an aromatic ring is 1. The minimum Gasteiger partial charge on any atom is -0.488 e. The molecule has 0 aliphatic heterocycles. The van der Waals surface area contributed by atoms with Crippen LogP contribution in [-0.4, -0.2) is 5.84 Å². The summed E-state index contributed by atoms with van der Waals surface area (Å²) < 4.78 is 18.5. The molecule has 0 aromatic heterocycles. The molecule has 0 heterocycles. The Balaban J connectivity index is 2.17. The van der Waals surface area contributed by atoms with Gasteiger partial charge in [-0.1, -0.05) is 29.8 Å². The van der Waals surface area contributed by atoms with Crippen LogP contribution in [0.5, 0.6) is 5.75 Å². The SMILES string of the molecule is N=C(N)c1ccccc1OCc1ccc(F)cc1Cl. The van der Waals surface area contributed by atoms with Gasteiger partial charge in [-0.3, -0.25) is 5.41 Å². The van der Waals surface area contributed by atoms with Crippen LogP contribution in [0.1, 0.15) is 11.1 Å². The third kappa shape index (κ3) is 3.23. The number of hydrogen-bond donors (Lipinski definition) is 2. The number of ether oxygens (including phenoxy) is 1. The second-order valence-electron chi connectivity index (χ2n) is 3.93. The Kier molecular flexibility index (Phi) is 4.02. The lowest BCUT2D eigenvalue weighted by molar-refractivity contribution is 0.305. The number of nitrogens with two attached hydrogens (primary N) is 1. The zero-order chi connectivity index (χ0) is 13.8. The van der Waals surface area contributed by atoms with Crippen LogP contribution in [0.2, 0.25) is 5.02 Å². The highest BCUT2D eigenvalue weighted by atomic mass is 35.5. The summed E-state index contributed by atoms with van der Waals surface area (Å²) in [5.74, 6) is 0.0362. The molecule has 2 rings (SSSR count). The molecule has 0 atom stereocenters. The van der Waals surface area contributed by atoms with Crippen LogP contribution in [0.25, 0.3) is 0 Å². The second kappa shape index (κ2) is 5.71. The van der Waals surface area contributed by atoms with Crippen molar-refractivity contribution >= 4 is 17.4 Å². The molecule has 0 bridgehead atoms. The first-order chi connectivity index (χ1) is 9.08. The predicted octanol–water partition coefficient (Wildman–Crippen LogP) is 3.34. The van der Waals surface area contributed by atoms with Crippen LogP contribution >= 0.6 is 11.6 Å². The summed E-state index contributed by atoms with van der Waals surface area (Å²) in [6.07, 6.45) is 0. The van der Waals surface area contributed by atoms with Crippen molar-refractivity contribution in [1.29, 1.82) is 5.41 Å². The van der Waals surface area contributed by atoms with E-state index >= 15 is 0 Å². The smallest absolute Gasteiger partial charge is 0.130 e.